The molecule has 0 aromatic heterocycles. The maximum Gasteiger partial charge on any atom is 0.416 e. The van der Waals surface area contributed by atoms with Gasteiger partial charge < -0.3 is 15.4 Å². The quantitative estimate of drug-likeness (QED) is 0.643. The summed E-state index contributed by atoms with van der Waals surface area (Å²) >= 11 is 5.94. The van der Waals surface area contributed by atoms with Crippen LogP contribution in [0.4, 0.5) is 13.2 Å². The van der Waals surface area contributed by atoms with Crippen LogP contribution in [0.15, 0.2) is 42.5 Å². The van der Waals surface area contributed by atoms with Gasteiger partial charge >= 0.3 is 6.18 Å². The number of halogens is 4. The van der Waals surface area contributed by atoms with Crippen LogP contribution < -0.4 is 15.4 Å². The lowest BCUT2D eigenvalue weighted by Crippen LogP contribution is -2.50. The van der Waals surface area contributed by atoms with Crippen molar-refractivity contribution in [2.45, 2.75) is 50.0 Å². The number of hydrogen-bond acceptors (Lipinski definition) is 4. The van der Waals surface area contributed by atoms with Crippen LogP contribution in [-0.2, 0) is 11.0 Å². The average Bonchev–Trinajstić information content (AvgIpc) is 3.39. The number of hydrogen-bond donors (Lipinski definition) is 2. The maximum atomic E-state index is 12.8. The fraction of sp³-hybridized carbons (Fsp3) is 0.400. The molecule has 2 N–H and O–H groups in total. The highest BCUT2D eigenvalue weighted by molar-refractivity contribution is 6.31. The second kappa shape index (κ2) is 8.86. The van der Waals surface area contributed by atoms with Gasteiger partial charge in [-0.05, 0) is 73.6 Å². The second-order valence-electron chi connectivity index (χ2n) is 9.37. The van der Waals surface area contributed by atoms with Crippen LogP contribution in [0.3, 0.4) is 0 Å². The SMILES string of the molecule is O=C(N[C@H]1C[C@H]2C[C@@H]1C[C@@H]2NC(=O)C1CC(=O)c2cc(Cl)ccc2O1)c1ccc(C(F)(F)F)cc1. The summed E-state index contributed by atoms with van der Waals surface area (Å²) in [6.07, 6.45) is -3.27. The van der Waals surface area contributed by atoms with E-state index in [9.17, 15) is 27.6 Å². The van der Waals surface area contributed by atoms with E-state index in [1.807, 2.05) is 0 Å². The molecule has 184 valence electrons. The highest BCUT2D eigenvalue weighted by Crippen LogP contribution is 2.45. The normalized spacial score (nSPS) is 27.2. The Balaban J connectivity index is 1.15. The summed E-state index contributed by atoms with van der Waals surface area (Å²) in [6, 6.07) is 8.66. The van der Waals surface area contributed by atoms with Crippen LogP contribution in [-0.4, -0.2) is 35.8 Å². The van der Waals surface area contributed by atoms with Crippen molar-refractivity contribution in [1.29, 1.82) is 0 Å². The van der Waals surface area contributed by atoms with Crippen molar-refractivity contribution < 1.29 is 32.3 Å². The lowest BCUT2D eigenvalue weighted by atomic mass is 9.90. The zero-order valence-electron chi connectivity index (χ0n) is 18.4. The topological polar surface area (TPSA) is 84.5 Å². The van der Waals surface area contributed by atoms with Gasteiger partial charge in [-0.15, -0.1) is 0 Å². The smallest absolute Gasteiger partial charge is 0.416 e. The molecular weight excluding hydrogens is 485 g/mol. The number of rotatable bonds is 4. The molecule has 0 radical (unpaired) electrons. The molecule has 0 saturated heterocycles. The van der Waals surface area contributed by atoms with Gasteiger partial charge in [-0.3, -0.25) is 14.4 Å². The second-order valence-corrected chi connectivity index (χ2v) is 9.81. The van der Waals surface area contributed by atoms with Gasteiger partial charge in [0, 0.05) is 22.7 Å². The molecule has 1 aliphatic heterocycles. The number of nitrogens with one attached hydrogen (secondary N) is 2. The van der Waals surface area contributed by atoms with Crippen molar-refractivity contribution in [2.75, 3.05) is 0 Å². The van der Waals surface area contributed by atoms with Gasteiger partial charge in [0.25, 0.3) is 11.8 Å². The maximum absolute atomic E-state index is 12.8. The lowest BCUT2D eigenvalue weighted by molar-refractivity contribution is -0.137. The molecule has 2 aliphatic carbocycles. The predicted molar refractivity (Wildman–Crippen MR) is 120 cm³/mol. The van der Waals surface area contributed by atoms with Gasteiger partial charge in [0.2, 0.25) is 0 Å². The summed E-state index contributed by atoms with van der Waals surface area (Å²) in [6.45, 7) is 0. The molecule has 5 rings (SSSR count). The molecular formula is C25H22ClF3N2O4. The number of amides is 2. The Morgan fingerprint density at radius 2 is 1.60 bits per heavy atom. The van der Waals surface area contributed by atoms with Crippen LogP contribution in [0.2, 0.25) is 5.02 Å². The number of ketones is 1. The minimum Gasteiger partial charge on any atom is -0.479 e. The first-order chi connectivity index (χ1) is 16.6. The third kappa shape index (κ3) is 4.74. The van der Waals surface area contributed by atoms with Gasteiger partial charge in [-0.25, -0.2) is 0 Å². The first kappa shape index (κ1) is 23.7. The first-order valence-corrected chi connectivity index (χ1v) is 11.7. The van der Waals surface area contributed by atoms with Crippen LogP contribution in [0.5, 0.6) is 5.75 Å². The third-order valence-corrected chi connectivity index (χ3v) is 7.39. The number of fused-ring (bicyclic) bond motifs is 3. The van der Waals surface area contributed by atoms with Gasteiger partial charge in [-0.2, -0.15) is 13.2 Å². The average molecular weight is 507 g/mol. The monoisotopic (exact) mass is 506 g/mol. The summed E-state index contributed by atoms with van der Waals surface area (Å²) in [5, 5.41) is 6.36. The van der Waals surface area contributed by atoms with Gasteiger partial charge in [0.1, 0.15) is 5.75 Å². The Bertz CT molecular complexity index is 1180. The standard InChI is InChI=1S/C25H22ClF3N2O4/c26-16-5-6-21-17(10-16)20(32)11-22(35-21)24(34)31-19-9-13-7-14(19)8-18(13)30-23(33)12-1-3-15(4-2-12)25(27,28)29/h1-6,10,13-14,18-19,22H,7-9,11H2,(H,30,33)(H,31,34)/t13-,14-,18+,19+,22?/m1/s1. The molecule has 3 aliphatic rings. The number of alkyl halides is 3. The molecule has 2 aromatic rings. The first-order valence-electron chi connectivity index (χ1n) is 11.4. The number of carbonyl (C=O) groups excluding carboxylic acids is 3. The van der Waals surface area contributed by atoms with E-state index in [4.69, 9.17) is 16.3 Å². The van der Waals surface area contributed by atoms with Crippen molar-refractivity contribution in [2.24, 2.45) is 11.8 Å². The van der Waals surface area contributed by atoms with E-state index in [0.29, 0.717) is 29.2 Å². The summed E-state index contributed by atoms with van der Waals surface area (Å²) in [7, 11) is 0. The Kier molecular flexibility index (Phi) is 5.99. The molecule has 5 atom stereocenters. The number of carbonyl (C=O) groups is 3. The number of benzene rings is 2. The van der Waals surface area contributed by atoms with Crippen molar-refractivity contribution in [1.82, 2.24) is 10.6 Å². The van der Waals surface area contributed by atoms with Crippen LogP contribution in [0.1, 0.15) is 52.0 Å². The third-order valence-electron chi connectivity index (χ3n) is 7.15. The van der Waals surface area contributed by atoms with Crippen LogP contribution in [0, 0.1) is 11.8 Å². The Labute approximate surface area is 204 Å². The van der Waals surface area contributed by atoms with Crippen LogP contribution >= 0.6 is 11.6 Å². The summed E-state index contributed by atoms with van der Waals surface area (Å²) in [5.74, 6) is -0.308. The van der Waals surface area contributed by atoms with E-state index in [1.54, 1.807) is 12.1 Å². The Morgan fingerprint density at radius 3 is 2.23 bits per heavy atom. The summed E-state index contributed by atoms with van der Waals surface area (Å²) < 4.78 is 43.9. The van der Waals surface area contributed by atoms with Gasteiger partial charge in [0.15, 0.2) is 11.9 Å². The van der Waals surface area contributed by atoms with Crippen molar-refractivity contribution >= 4 is 29.2 Å². The van der Waals surface area contributed by atoms with E-state index in [2.05, 4.69) is 10.6 Å². The largest absolute Gasteiger partial charge is 0.479 e. The lowest BCUT2D eigenvalue weighted by Gasteiger charge is -2.31. The molecule has 2 amide bonds. The Morgan fingerprint density at radius 1 is 0.943 bits per heavy atom. The van der Waals surface area contributed by atoms with Crippen molar-refractivity contribution in [3.05, 3.63) is 64.2 Å². The fourth-order valence-electron chi connectivity index (χ4n) is 5.41. The highest BCUT2D eigenvalue weighted by atomic mass is 35.5. The molecule has 2 aromatic carbocycles. The molecule has 0 spiro atoms. The van der Waals surface area contributed by atoms with Gasteiger partial charge in [-0.1, -0.05) is 11.6 Å². The summed E-state index contributed by atoms with van der Waals surface area (Å²) in [5.41, 5.74) is -0.261. The highest BCUT2D eigenvalue weighted by Gasteiger charge is 2.47. The van der Waals surface area contributed by atoms with Crippen molar-refractivity contribution in [3.8, 4) is 5.75 Å². The van der Waals surface area contributed by atoms with Gasteiger partial charge in [0.05, 0.1) is 17.5 Å². The molecule has 1 unspecified atom stereocenters. The molecule has 2 fully saturated rings. The van der Waals surface area contributed by atoms with E-state index >= 15 is 0 Å². The summed E-state index contributed by atoms with van der Waals surface area (Å²) in [4.78, 5) is 37.8. The zero-order chi connectivity index (χ0) is 24.9. The van der Waals surface area contributed by atoms with E-state index in [1.165, 1.54) is 18.2 Å². The van der Waals surface area contributed by atoms with Crippen LogP contribution in [0.25, 0.3) is 0 Å². The number of Topliss-reactive ketones (excluding diaryl/α,β-unsaturated/α-hetero) is 1. The minimum atomic E-state index is -4.45. The van der Waals surface area contributed by atoms with E-state index in [-0.39, 0.29) is 47.6 Å². The van der Waals surface area contributed by atoms with Crippen molar-refractivity contribution in [3.63, 3.8) is 0 Å². The Hall–Kier alpha value is -3.07. The molecule has 35 heavy (non-hydrogen) atoms. The van der Waals surface area contributed by atoms with E-state index < -0.39 is 23.8 Å². The van der Waals surface area contributed by atoms with E-state index in [0.717, 1.165) is 18.6 Å². The minimum absolute atomic E-state index is 0.0637. The number of ether oxygens (including phenoxy) is 1. The predicted octanol–water partition coefficient (Wildman–Crippen LogP) is 4.41. The molecule has 2 bridgehead atoms. The molecule has 2 saturated carbocycles. The fourth-order valence-corrected chi connectivity index (χ4v) is 5.58. The molecule has 1 heterocycles. The molecule has 10 heteroatoms. The molecule has 6 nitrogen and oxygen atoms in total. The zero-order valence-corrected chi connectivity index (χ0v) is 19.2.